The van der Waals surface area contributed by atoms with Crippen LogP contribution in [0.1, 0.15) is 63.6 Å². The van der Waals surface area contributed by atoms with E-state index >= 15 is 0 Å². The summed E-state index contributed by atoms with van der Waals surface area (Å²) in [5.74, 6) is 0.604. The molecule has 0 bridgehead atoms. The molecule has 6 heteroatoms. The van der Waals surface area contributed by atoms with E-state index in [4.69, 9.17) is 4.74 Å². The van der Waals surface area contributed by atoms with Crippen LogP contribution in [0.2, 0.25) is 0 Å². The molecule has 0 saturated carbocycles. The highest BCUT2D eigenvalue weighted by molar-refractivity contribution is 9.10. The van der Waals surface area contributed by atoms with Crippen molar-refractivity contribution in [3.63, 3.8) is 0 Å². The summed E-state index contributed by atoms with van der Waals surface area (Å²) in [7, 11) is 0. The Balaban J connectivity index is 2.18. The standard InChI is InChI=1S/C26H35BrN2O3/c1-7-19(5)28-26(31)20(6)29(15-21-10-8-9-18(4)13-21)25(30)16-32-24-12-11-22(17(2)3)14-23(24)27/h8-14,17,19-20H,7,15-16H2,1-6H3,(H,28,31)/t19-,20+/m0/s1. The highest BCUT2D eigenvalue weighted by Crippen LogP contribution is 2.29. The monoisotopic (exact) mass is 502 g/mol. The van der Waals surface area contributed by atoms with E-state index in [-0.39, 0.29) is 24.5 Å². The fourth-order valence-corrected chi connectivity index (χ4v) is 3.78. The zero-order chi connectivity index (χ0) is 23.8. The molecule has 0 radical (unpaired) electrons. The van der Waals surface area contributed by atoms with Crippen LogP contribution in [0.5, 0.6) is 5.75 Å². The quantitative estimate of drug-likeness (QED) is 0.460. The van der Waals surface area contributed by atoms with Crippen molar-refractivity contribution in [2.24, 2.45) is 0 Å². The Hall–Kier alpha value is -2.34. The van der Waals surface area contributed by atoms with Crippen molar-refractivity contribution in [2.75, 3.05) is 6.61 Å². The Morgan fingerprint density at radius 2 is 1.81 bits per heavy atom. The van der Waals surface area contributed by atoms with Crippen molar-refractivity contribution < 1.29 is 14.3 Å². The highest BCUT2D eigenvalue weighted by atomic mass is 79.9. The number of carbonyl (C=O) groups is 2. The number of rotatable bonds is 10. The Kier molecular flexibility index (Phi) is 9.76. The first-order valence-corrected chi connectivity index (χ1v) is 12.0. The van der Waals surface area contributed by atoms with Gasteiger partial charge in [-0.2, -0.15) is 0 Å². The number of ether oxygens (including phenoxy) is 1. The number of amides is 2. The van der Waals surface area contributed by atoms with Gasteiger partial charge in [0, 0.05) is 12.6 Å². The number of halogens is 1. The van der Waals surface area contributed by atoms with Crippen LogP contribution in [-0.2, 0) is 16.1 Å². The highest BCUT2D eigenvalue weighted by Gasteiger charge is 2.27. The average Bonchev–Trinajstić information content (AvgIpc) is 2.75. The molecule has 2 aromatic rings. The van der Waals surface area contributed by atoms with Crippen molar-refractivity contribution in [1.82, 2.24) is 10.2 Å². The van der Waals surface area contributed by atoms with Crippen LogP contribution in [0, 0.1) is 6.92 Å². The summed E-state index contributed by atoms with van der Waals surface area (Å²) in [6.07, 6.45) is 0.827. The van der Waals surface area contributed by atoms with E-state index in [0.717, 1.165) is 22.0 Å². The first-order chi connectivity index (χ1) is 15.1. The molecule has 0 aromatic heterocycles. The minimum absolute atomic E-state index is 0.0487. The fourth-order valence-electron chi connectivity index (χ4n) is 3.27. The van der Waals surface area contributed by atoms with Gasteiger partial charge in [-0.05, 0) is 72.3 Å². The summed E-state index contributed by atoms with van der Waals surface area (Å²) >= 11 is 3.54. The van der Waals surface area contributed by atoms with Gasteiger partial charge in [0.1, 0.15) is 11.8 Å². The van der Waals surface area contributed by atoms with Crippen molar-refractivity contribution in [3.8, 4) is 5.75 Å². The number of carbonyl (C=O) groups excluding carboxylic acids is 2. The molecule has 0 aliphatic heterocycles. The summed E-state index contributed by atoms with van der Waals surface area (Å²) in [4.78, 5) is 27.6. The molecule has 2 aromatic carbocycles. The molecular weight excluding hydrogens is 468 g/mol. The summed E-state index contributed by atoms with van der Waals surface area (Å²) in [6, 6.07) is 13.3. The lowest BCUT2D eigenvalue weighted by atomic mass is 10.0. The second kappa shape index (κ2) is 12.0. The van der Waals surface area contributed by atoms with Crippen molar-refractivity contribution in [3.05, 3.63) is 63.6 Å². The summed E-state index contributed by atoms with van der Waals surface area (Å²) in [5, 5.41) is 2.98. The molecule has 0 aliphatic rings. The maximum Gasteiger partial charge on any atom is 0.261 e. The minimum Gasteiger partial charge on any atom is -0.483 e. The maximum atomic E-state index is 13.2. The van der Waals surface area contributed by atoms with Gasteiger partial charge in [-0.3, -0.25) is 9.59 Å². The first-order valence-electron chi connectivity index (χ1n) is 11.2. The molecule has 32 heavy (non-hydrogen) atoms. The van der Waals surface area contributed by atoms with Gasteiger partial charge in [-0.25, -0.2) is 0 Å². The van der Waals surface area contributed by atoms with Gasteiger partial charge in [-0.15, -0.1) is 0 Å². The predicted octanol–water partition coefficient (Wildman–Crippen LogP) is 5.59. The van der Waals surface area contributed by atoms with Gasteiger partial charge >= 0.3 is 0 Å². The number of benzene rings is 2. The Bertz CT molecular complexity index is 929. The van der Waals surface area contributed by atoms with Crippen LogP contribution in [0.15, 0.2) is 46.9 Å². The van der Waals surface area contributed by atoms with Gasteiger partial charge in [-0.1, -0.05) is 56.7 Å². The van der Waals surface area contributed by atoms with Crippen molar-refractivity contribution in [1.29, 1.82) is 0 Å². The molecule has 0 aliphatic carbocycles. The zero-order valence-corrected chi connectivity index (χ0v) is 21.5. The normalized spacial score (nSPS) is 12.9. The van der Waals surface area contributed by atoms with Crippen molar-refractivity contribution in [2.45, 2.75) is 72.5 Å². The van der Waals surface area contributed by atoms with E-state index in [1.165, 1.54) is 5.56 Å². The molecule has 2 amide bonds. The number of hydrogen-bond acceptors (Lipinski definition) is 3. The predicted molar refractivity (Wildman–Crippen MR) is 133 cm³/mol. The van der Waals surface area contributed by atoms with E-state index in [1.54, 1.807) is 11.8 Å². The zero-order valence-electron chi connectivity index (χ0n) is 19.9. The first kappa shape index (κ1) is 25.9. The number of nitrogens with zero attached hydrogens (tertiary/aromatic N) is 1. The van der Waals surface area contributed by atoms with Gasteiger partial charge in [0.25, 0.3) is 5.91 Å². The van der Waals surface area contributed by atoms with Crippen LogP contribution in [-0.4, -0.2) is 35.4 Å². The topological polar surface area (TPSA) is 58.6 Å². The van der Waals surface area contributed by atoms with Crippen LogP contribution < -0.4 is 10.1 Å². The molecule has 0 unspecified atom stereocenters. The van der Waals surface area contributed by atoms with E-state index < -0.39 is 6.04 Å². The van der Waals surface area contributed by atoms with Gasteiger partial charge in [0.2, 0.25) is 5.91 Å². The number of nitrogens with one attached hydrogen (secondary N) is 1. The lowest BCUT2D eigenvalue weighted by molar-refractivity contribution is -0.142. The molecule has 2 atom stereocenters. The third kappa shape index (κ3) is 7.37. The molecule has 2 rings (SSSR count). The molecule has 0 heterocycles. The lowest BCUT2D eigenvalue weighted by Gasteiger charge is -2.29. The molecule has 174 valence electrons. The van der Waals surface area contributed by atoms with E-state index in [0.29, 0.717) is 18.2 Å². The third-order valence-electron chi connectivity index (χ3n) is 5.58. The Morgan fingerprint density at radius 1 is 1.09 bits per heavy atom. The maximum absolute atomic E-state index is 13.2. The van der Waals surface area contributed by atoms with Crippen LogP contribution >= 0.6 is 15.9 Å². The molecule has 0 spiro atoms. The summed E-state index contributed by atoms with van der Waals surface area (Å²) < 4.78 is 6.65. The van der Waals surface area contributed by atoms with Gasteiger partial charge < -0.3 is 15.0 Å². The smallest absolute Gasteiger partial charge is 0.261 e. The lowest BCUT2D eigenvalue weighted by Crippen LogP contribution is -2.50. The van der Waals surface area contributed by atoms with Gasteiger partial charge in [0.15, 0.2) is 6.61 Å². The van der Waals surface area contributed by atoms with E-state index in [1.807, 2.05) is 63.2 Å². The van der Waals surface area contributed by atoms with Crippen LogP contribution in [0.25, 0.3) is 0 Å². The van der Waals surface area contributed by atoms with Crippen molar-refractivity contribution >= 4 is 27.7 Å². The molecule has 0 fully saturated rings. The number of aryl methyl sites for hydroxylation is 1. The van der Waals surface area contributed by atoms with Crippen LogP contribution in [0.3, 0.4) is 0 Å². The average molecular weight is 503 g/mol. The minimum atomic E-state index is -0.618. The molecule has 0 saturated heterocycles. The van der Waals surface area contributed by atoms with Gasteiger partial charge in [0.05, 0.1) is 4.47 Å². The fraction of sp³-hybridized carbons (Fsp3) is 0.462. The van der Waals surface area contributed by atoms with Crippen LogP contribution in [0.4, 0.5) is 0 Å². The Morgan fingerprint density at radius 3 is 2.41 bits per heavy atom. The second-order valence-corrected chi connectivity index (χ2v) is 9.49. The van der Waals surface area contributed by atoms with E-state index in [9.17, 15) is 9.59 Å². The third-order valence-corrected chi connectivity index (χ3v) is 6.20. The summed E-state index contributed by atoms with van der Waals surface area (Å²) in [5.41, 5.74) is 3.27. The SMILES string of the molecule is CC[C@H](C)NC(=O)[C@@H](C)N(Cc1cccc(C)c1)C(=O)COc1ccc(C(C)C)cc1Br. The Labute approximate surface area is 200 Å². The molecule has 1 N–H and O–H groups in total. The largest absolute Gasteiger partial charge is 0.483 e. The van der Waals surface area contributed by atoms with E-state index in [2.05, 4.69) is 35.1 Å². The molecule has 5 nitrogen and oxygen atoms in total. The summed E-state index contributed by atoms with van der Waals surface area (Å²) in [6.45, 7) is 12.2. The second-order valence-electron chi connectivity index (χ2n) is 8.64. The number of hydrogen-bond donors (Lipinski definition) is 1. The molecular formula is C26H35BrN2O3.